The van der Waals surface area contributed by atoms with Crippen molar-refractivity contribution in [3.8, 4) is 11.8 Å². The molecular formula is C16H23N3O. The second-order valence-electron chi connectivity index (χ2n) is 5.62. The molecule has 1 fully saturated rings. The van der Waals surface area contributed by atoms with Gasteiger partial charge in [0.2, 0.25) is 0 Å². The zero-order valence-corrected chi connectivity index (χ0v) is 12.3. The highest BCUT2D eigenvalue weighted by atomic mass is 16.5. The van der Waals surface area contributed by atoms with E-state index in [1.807, 2.05) is 18.2 Å². The summed E-state index contributed by atoms with van der Waals surface area (Å²) in [4.78, 5) is 2.43. The average molecular weight is 273 g/mol. The molecule has 1 aliphatic heterocycles. The van der Waals surface area contributed by atoms with Gasteiger partial charge in [0.25, 0.3) is 0 Å². The number of ether oxygens (including phenoxy) is 1. The van der Waals surface area contributed by atoms with Crippen LogP contribution in [-0.2, 0) is 6.54 Å². The molecule has 0 bridgehead atoms. The molecule has 4 heteroatoms. The van der Waals surface area contributed by atoms with Crippen molar-refractivity contribution in [2.45, 2.75) is 32.4 Å². The summed E-state index contributed by atoms with van der Waals surface area (Å²) in [5, 5.41) is 9.12. The van der Waals surface area contributed by atoms with Gasteiger partial charge in [-0.3, -0.25) is 4.90 Å². The van der Waals surface area contributed by atoms with Crippen LogP contribution in [0, 0.1) is 17.2 Å². The molecule has 2 rings (SSSR count). The second kappa shape index (κ2) is 6.74. The van der Waals surface area contributed by atoms with Crippen molar-refractivity contribution in [2.24, 2.45) is 11.7 Å². The predicted octanol–water partition coefficient (Wildman–Crippen LogP) is 2.13. The van der Waals surface area contributed by atoms with Crippen LogP contribution in [0.25, 0.3) is 0 Å². The van der Waals surface area contributed by atoms with Gasteiger partial charge in [0, 0.05) is 12.6 Å². The zero-order valence-electron chi connectivity index (χ0n) is 12.3. The number of likely N-dealkylation sites (tertiary alicyclic amines) is 1. The van der Waals surface area contributed by atoms with Gasteiger partial charge in [-0.05, 0) is 56.5 Å². The Morgan fingerprint density at radius 3 is 2.70 bits per heavy atom. The lowest BCUT2D eigenvalue weighted by Gasteiger charge is -2.33. The first-order chi connectivity index (χ1) is 9.63. The zero-order chi connectivity index (χ0) is 14.5. The van der Waals surface area contributed by atoms with Crippen molar-refractivity contribution in [1.82, 2.24) is 4.90 Å². The van der Waals surface area contributed by atoms with Gasteiger partial charge >= 0.3 is 0 Å². The fourth-order valence-electron chi connectivity index (χ4n) is 2.84. The minimum Gasteiger partial charge on any atom is -0.495 e. The summed E-state index contributed by atoms with van der Waals surface area (Å²) in [6.07, 6.45) is 2.33. The van der Waals surface area contributed by atoms with Crippen molar-refractivity contribution in [3.63, 3.8) is 0 Å². The summed E-state index contributed by atoms with van der Waals surface area (Å²) in [6.45, 7) is 5.16. The van der Waals surface area contributed by atoms with E-state index in [1.165, 1.54) is 18.4 Å². The molecule has 1 aliphatic rings. The van der Waals surface area contributed by atoms with Gasteiger partial charge < -0.3 is 10.5 Å². The molecule has 1 unspecified atom stereocenters. The molecule has 108 valence electrons. The number of rotatable bonds is 4. The quantitative estimate of drug-likeness (QED) is 0.913. The van der Waals surface area contributed by atoms with Crippen LogP contribution >= 0.6 is 0 Å². The summed E-state index contributed by atoms with van der Waals surface area (Å²) in [6, 6.07) is 8.32. The third-order valence-electron chi connectivity index (χ3n) is 4.17. The highest BCUT2D eigenvalue weighted by Gasteiger charge is 2.21. The molecule has 20 heavy (non-hydrogen) atoms. The number of hydrogen-bond donors (Lipinski definition) is 1. The van der Waals surface area contributed by atoms with Crippen molar-refractivity contribution < 1.29 is 4.74 Å². The number of piperidine rings is 1. The summed E-state index contributed by atoms with van der Waals surface area (Å²) in [7, 11) is 1.59. The maximum atomic E-state index is 9.12. The molecule has 2 N–H and O–H groups in total. The Hall–Kier alpha value is -1.57. The highest BCUT2D eigenvalue weighted by molar-refractivity contribution is 5.45. The SMILES string of the molecule is COc1ccc(CN2CCC(C(C)N)CC2)cc1C#N. The molecule has 1 heterocycles. The Labute approximate surface area is 121 Å². The van der Waals surface area contributed by atoms with Crippen molar-refractivity contribution in [2.75, 3.05) is 20.2 Å². The lowest BCUT2D eigenvalue weighted by Crippen LogP contribution is -2.39. The monoisotopic (exact) mass is 273 g/mol. The Morgan fingerprint density at radius 2 is 2.15 bits per heavy atom. The Morgan fingerprint density at radius 1 is 1.45 bits per heavy atom. The molecular weight excluding hydrogens is 250 g/mol. The Balaban J connectivity index is 1.96. The summed E-state index contributed by atoms with van der Waals surface area (Å²) < 4.78 is 5.17. The number of nitriles is 1. The smallest absolute Gasteiger partial charge is 0.136 e. The third kappa shape index (κ3) is 3.50. The third-order valence-corrected chi connectivity index (χ3v) is 4.17. The topological polar surface area (TPSA) is 62.3 Å². The van der Waals surface area contributed by atoms with E-state index in [9.17, 15) is 0 Å². The number of methoxy groups -OCH3 is 1. The van der Waals surface area contributed by atoms with Crippen molar-refractivity contribution in [1.29, 1.82) is 5.26 Å². The van der Waals surface area contributed by atoms with Crippen LogP contribution in [0.15, 0.2) is 18.2 Å². The summed E-state index contributed by atoms with van der Waals surface area (Å²) in [5.74, 6) is 1.30. The van der Waals surface area contributed by atoms with Gasteiger partial charge in [0.15, 0.2) is 0 Å². The van der Waals surface area contributed by atoms with Crippen LogP contribution < -0.4 is 10.5 Å². The van der Waals surface area contributed by atoms with E-state index in [4.69, 9.17) is 15.7 Å². The van der Waals surface area contributed by atoms with E-state index >= 15 is 0 Å². The Bertz CT molecular complexity index is 485. The maximum absolute atomic E-state index is 9.12. The highest BCUT2D eigenvalue weighted by Crippen LogP contribution is 2.23. The normalized spacial score (nSPS) is 18.5. The lowest BCUT2D eigenvalue weighted by molar-refractivity contribution is 0.165. The van der Waals surface area contributed by atoms with Crippen LogP contribution in [0.1, 0.15) is 30.9 Å². The molecule has 0 saturated carbocycles. The minimum atomic E-state index is 0.295. The summed E-state index contributed by atoms with van der Waals surface area (Å²) >= 11 is 0. The van der Waals surface area contributed by atoms with Crippen LogP contribution in [0.2, 0.25) is 0 Å². The fourth-order valence-corrected chi connectivity index (χ4v) is 2.84. The minimum absolute atomic E-state index is 0.295. The molecule has 1 saturated heterocycles. The first-order valence-electron chi connectivity index (χ1n) is 7.19. The van der Waals surface area contributed by atoms with Crippen molar-refractivity contribution >= 4 is 0 Å². The molecule has 1 aromatic carbocycles. The van der Waals surface area contributed by atoms with Gasteiger partial charge in [-0.2, -0.15) is 5.26 Å². The number of nitrogens with zero attached hydrogens (tertiary/aromatic N) is 2. The van der Waals surface area contributed by atoms with E-state index in [0.717, 1.165) is 19.6 Å². The molecule has 1 aromatic rings. The van der Waals surface area contributed by atoms with Gasteiger partial charge in [-0.1, -0.05) is 6.07 Å². The van der Waals surface area contributed by atoms with Gasteiger partial charge in [0.05, 0.1) is 12.7 Å². The van der Waals surface area contributed by atoms with Crippen LogP contribution in [0.3, 0.4) is 0 Å². The van der Waals surface area contributed by atoms with E-state index in [-0.39, 0.29) is 0 Å². The number of hydrogen-bond acceptors (Lipinski definition) is 4. The lowest BCUT2D eigenvalue weighted by atomic mass is 9.91. The first kappa shape index (κ1) is 14.8. The standard InChI is InChI=1S/C16H23N3O/c1-12(18)14-5-7-19(8-6-14)11-13-3-4-16(20-2)15(9-13)10-17/h3-4,9,12,14H,5-8,11,18H2,1-2H3. The van der Waals surface area contributed by atoms with Gasteiger partial charge in [0.1, 0.15) is 11.8 Å². The molecule has 1 atom stereocenters. The molecule has 4 nitrogen and oxygen atoms in total. The van der Waals surface area contributed by atoms with Crippen LogP contribution in [-0.4, -0.2) is 31.1 Å². The van der Waals surface area contributed by atoms with E-state index in [1.54, 1.807) is 7.11 Å². The molecule has 0 aromatic heterocycles. The van der Waals surface area contributed by atoms with Gasteiger partial charge in [-0.25, -0.2) is 0 Å². The summed E-state index contributed by atoms with van der Waals surface area (Å²) in [5.41, 5.74) is 7.74. The number of nitrogens with two attached hydrogens (primary N) is 1. The van der Waals surface area contributed by atoms with E-state index < -0.39 is 0 Å². The Kier molecular flexibility index (Phi) is 4.99. The average Bonchev–Trinajstić information content (AvgIpc) is 2.47. The fraction of sp³-hybridized carbons (Fsp3) is 0.562. The van der Waals surface area contributed by atoms with Crippen LogP contribution in [0.4, 0.5) is 0 Å². The van der Waals surface area contributed by atoms with E-state index in [2.05, 4.69) is 17.9 Å². The maximum Gasteiger partial charge on any atom is 0.136 e. The van der Waals surface area contributed by atoms with E-state index in [0.29, 0.717) is 23.3 Å². The van der Waals surface area contributed by atoms with Crippen molar-refractivity contribution in [3.05, 3.63) is 29.3 Å². The number of benzene rings is 1. The molecule has 0 amide bonds. The largest absolute Gasteiger partial charge is 0.495 e. The van der Waals surface area contributed by atoms with Gasteiger partial charge in [-0.15, -0.1) is 0 Å². The predicted molar refractivity (Wildman–Crippen MR) is 79.4 cm³/mol. The second-order valence-corrected chi connectivity index (χ2v) is 5.62. The van der Waals surface area contributed by atoms with Crippen LogP contribution in [0.5, 0.6) is 5.75 Å². The molecule has 0 spiro atoms. The molecule has 0 aliphatic carbocycles. The first-order valence-corrected chi connectivity index (χ1v) is 7.19. The molecule has 0 radical (unpaired) electrons.